The Morgan fingerprint density at radius 1 is 1.21 bits per heavy atom. The summed E-state index contributed by atoms with van der Waals surface area (Å²) in [5.74, 6) is 0. The van der Waals surface area contributed by atoms with Crippen LogP contribution in [0.15, 0.2) is 41.5 Å². The quantitative estimate of drug-likeness (QED) is 0.676. The van der Waals surface area contributed by atoms with Crippen LogP contribution in [0.1, 0.15) is 57.6 Å². The van der Waals surface area contributed by atoms with Crippen LogP contribution in [-0.2, 0) is 6.42 Å². The lowest BCUT2D eigenvalue weighted by Gasteiger charge is -2.32. The normalized spacial score (nSPS) is 17.7. The molecule has 0 atom stereocenters. The van der Waals surface area contributed by atoms with Gasteiger partial charge < -0.3 is 10.4 Å². The van der Waals surface area contributed by atoms with Crippen LogP contribution in [0.4, 0.5) is 0 Å². The van der Waals surface area contributed by atoms with E-state index in [-0.39, 0.29) is 6.61 Å². The average molecular weight is 328 g/mol. The van der Waals surface area contributed by atoms with Gasteiger partial charge in [-0.2, -0.15) is 0 Å². The molecule has 2 nitrogen and oxygen atoms in total. The number of aryl methyl sites for hydroxylation is 1. The zero-order chi connectivity index (χ0) is 17.4. The molecule has 2 rings (SSSR count). The third-order valence-corrected chi connectivity index (χ3v) is 5.04. The number of rotatable bonds is 8. The molecule has 0 radical (unpaired) electrons. The zero-order valence-corrected chi connectivity index (χ0v) is 15.6. The van der Waals surface area contributed by atoms with E-state index in [9.17, 15) is 0 Å². The fourth-order valence-electron chi connectivity index (χ4n) is 3.66. The van der Waals surface area contributed by atoms with E-state index in [2.05, 4.69) is 62.5 Å². The topological polar surface area (TPSA) is 32.3 Å². The second kappa shape index (κ2) is 9.19. The lowest BCUT2D eigenvalue weighted by atomic mass is 9.72. The molecule has 0 heterocycles. The number of hydrogen-bond donors (Lipinski definition) is 2. The lowest BCUT2D eigenvalue weighted by Crippen LogP contribution is -2.19. The fraction of sp³-hybridized carbons (Fsp3) is 0.545. The summed E-state index contributed by atoms with van der Waals surface area (Å²) in [6, 6.07) is 8.85. The molecule has 0 unspecified atom stereocenters. The first kappa shape index (κ1) is 19.0. The Morgan fingerprint density at radius 2 is 2.04 bits per heavy atom. The summed E-state index contributed by atoms with van der Waals surface area (Å²) in [6.45, 7) is 8.88. The first-order valence-electron chi connectivity index (χ1n) is 9.32. The molecule has 0 saturated heterocycles. The maximum atomic E-state index is 8.77. The Bertz CT molecular complexity index is 583. The Hall–Kier alpha value is -1.38. The SMILES string of the molecule is CC1=C(/C=C/c2cccc(CCCNCCO)c2)C(C)(C)CCC1. The van der Waals surface area contributed by atoms with Crippen molar-refractivity contribution < 1.29 is 5.11 Å². The van der Waals surface area contributed by atoms with E-state index in [4.69, 9.17) is 5.11 Å². The standard InChI is InChI=1S/C22H33NO/c1-18-7-5-13-22(2,3)21(18)12-11-20-9-4-8-19(17-20)10-6-14-23-15-16-24/h4,8-9,11-12,17,23-24H,5-7,10,13-16H2,1-3H3/b12-11+. The molecule has 0 spiro atoms. The molecule has 132 valence electrons. The van der Waals surface area contributed by atoms with Crippen LogP contribution >= 0.6 is 0 Å². The van der Waals surface area contributed by atoms with Crippen LogP contribution in [0.3, 0.4) is 0 Å². The maximum absolute atomic E-state index is 8.77. The molecule has 2 N–H and O–H groups in total. The van der Waals surface area contributed by atoms with Crippen LogP contribution in [0.5, 0.6) is 0 Å². The highest BCUT2D eigenvalue weighted by atomic mass is 16.3. The van der Waals surface area contributed by atoms with Gasteiger partial charge in [0.1, 0.15) is 0 Å². The molecule has 1 aromatic rings. The molecule has 2 heteroatoms. The molecule has 0 bridgehead atoms. The van der Waals surface area contributed by atoms with Gasteiger partial charge in [-0.15, -0.1) is 0 Å². The van der Waals surface area contributed by atoms with E-state index in [1.54, 1.807) is 5.57 Å². The predicted octanol–water partition coefficient (Wildman–Crippen LogP) is 4.74. The molecule has 0 amide bonds. The van der Waals surface area contributed by atoms with Crippen molar-refractivity contribution in [3.63, 3.8) is 0 Å². The minimum absolute atomic E-state index is 0.214. The second-order valence-electron chi connectivity index (χ2n) is 7.59. The molecular formula is C22H33NO. The summed E-state index contributed by atoms with van der Waals surface area (Å²) in [5, 5.41) is 12.0. The summed E-state index contributed by atoms with van der Waals surface area (Å²) in [5.41, 5.74) is 6.05. The van der Waals surface area contributed by atoms with Crippen molar-refractivity contribution in [1.82, 2.24) is 5.32 Å². The summed E-state index contributed by atoms with van der Waals surface area (Å²) >= 11 is 0. The maximum Gasteiger partial charge on any atom is 0.0555 e. The first-order chi connectivity index (χ1) is 11.5. The van der Waals surface area contributed by atoms with E-state index in [1.807, 2.05) is 0 Å². The molecule has 0 saturated carbocycles. The van der Waals surface area contributed by atoms with Crippen molar-refractivity contribution in [2.75, 3.05) is 19.7 Å². The molecule has 1 aliphatic rings. The highest BCUT2D eigenvalue weighted by molar-refractivity contribution is 5.55. The molecule has 1 aromatic carbocycles. The minimum atomic E-state index is 0.214. The van der Waals surface area contributed by atoms with Crippen molar-refractivity contribution >= 4 is 6.08 Å². The predicted molar refractivity (Wildman–Crippen MR) is 104 cm³/mol. The summed E-state index contributed by atoms with van der Waals surface area (Å²) in [7, 11) is 0. The van der Waals surface area contributed by atoms with E-state index in [0.29, 0.717) is 12.0 Å². The third-order valence-electron chi connectivity index (χ3n) is 5.04. The summed E-state index contributed by atoms with van der Waals surface area (Å²) < 4.78 is 0. The van der Waals surface area contributed by atoms with E-state index in [0.717, 1.165) is 19.4 Å². The monoisotopic (exact) mass is 327 g/mol. The van der Waals surface area contributed by atoms with E-state index < -0.39 is 0 Å². The Balaban J connectivity index is 1.98. The van der Waals surface area contributed by atoms with Gasteiger partial charge in [0.25, 0.3) is 0 Å². The van der Waals surface area contributed by atoms with Gasteiger partial charge in [0.15, 0.2) is 0 Å². The lowest BCUT2D eigenvalue weighted by molar-refractivity contribution is 0.292. The van der Waals surface area contributed by atoms with Gasteiger partial charge in [0, 0.05) is 6.54 Å². The van der Waals surface area contributed by atoms with Gasteiger partial charge in [-0.3, -0.25) is 0 Å². The molecule has 0 fully saturated rings. The first-order valence-corrected chi connectivity index (χ1v) is 9.32. The van der Waals surface area contributed by atoms with Crippen LogP contribution < -0.4 is 5.32 Å². The number of nitrogens with one attached hydrogen (secondary N) is 1. The second-order valence-corrected chi connectivity index (χ2v) is 7.59. The number of benzene rings is 1. The fourth-order valence-corrected chi connectivity index (χ4v) is 3.66. The van der Waals surface area contributed by atoms with Gasteiger partial charge in [-0.1, -0.05) is 55.8 Å². The largest absolute Gasteiger partial charge is 0.395 e. The van der Waals surface area contributed by atoms with Gasteiger partial charge in [0.2, 0.25) is 0 Å². The van der Waals surface area contributed by atoms with Gasteiger partial charge in [0.05, 0.1) is 6.61 Å². The average Bonchev–Trinajstić information content (AvgIpc) is 2.54. The van der Waals surface area contributed by atoms with Crippen molar-refractivity contribution in [2.24, 2.45) is 5.41 Å². The molecular weight excluding hydrogens is 294 g/mol. The van der Waals surface area contributed by atoms with Gasteiger partial charge in [-0.05, 0) is 67.7 Å². The van der Waals surface area contributed by atoms with Crippen molar-refractivity contribution in [1.29, 1.82) is 0 Å². The summed E-state index contributed by atoms with van der Waals surface area (Å²) in [6.07, 6.45) is 10.6. The van der Waals surface area contributed by atoms with Crippen molar-refractivity contribution in [2.45, 2.75) is 52.9 Å². The van der Waals surface area contributed by atoms with E-state index in [1.165, 1.54) is 36.0 Å². The van der Waals surface area contributed by atoms with E-state index >= 15 is 0 Å². The van der Waals surface area contributed by atoms with Crippen molar-refractivity contribution in [3.05, 3.63) is 52.6 Å². The third kappa shape index (κ3) is 5.61. The number of hydrogen-bond acceptors (Lipinski definition) is 2. The molecule has 0 aromatic heterocycles. The number of aliphatic hydroxyl groups is 1. The highest BCUT2D eigenvalue weighted by Gasteiger charge is 2.26. The van der Waals surface area contributed by atoms with Crippen molar-refractivity contribution in [3.8, 4) is 0 Å². The van der Waals surface area contributed by atoms with Crippen LogP contribution in [0, 0.1) is 5.41 Å². The Labute approximate surface area is 147 Å². The molecule has 24 heavy (non-hydrogen) atoms. The summed E-state index contributed by atoms with van der Waals surface area (Å²) in [4.78, 5) is 0. The number of aliphatic hydroxyl groups excluding tert-OH is 1. The minimum Gasteiger partial charge on any atom is -0.395 e. The van der Waals surface area contributed by atoms with Crippen LogP contribution in [-0.4, -0.2) is 24.8 Å². The zero-order valence-electron chi connectivity index (χ0n) is 15.6. The van der Waals surface area contributed by atoms with Crippen LogP contribution in [0.25, 0.3) is 6.08 Å². The molecule has 0 aliphatic heterocycles. The highest BCUT2D eigenvalue weighted by Crippen LogP contribution is 2.40. The Kier molecular flexibility index (Phi) is 7.26. The Morgan fingerprint density at radius 3 is 2.79 bits per heavy atom. The van der Waals surface area contributed by atoms with Gasteiger partial charge in [-0.25, -0.2) is 0 Å². The molecule has 1 aliphatic carbocycles. The van der Waals surface area contributed by atoms with Crippen LogP contribution in [0.2, 0.25) is 0 Å². The number of allylic oxidation sites excluding steroid dienone is 3. The van der Waals surface area contributed by atoms with Gasteiger partial charge >= 0.3 is 0 Å². The smallest absolute Gasteiger partial charge is 0.0555 e.